The van der Waals surface area contributed by atoms with Crippen LogP contribution in [0.5, 0.6) is 0 Å². The normalized spacial score (nSPS) is 10.8. The number of alkyl carbamates (subject to hydrolysis) is 1. The summed E-state index contributed by atoms with van der Waals surface area (Å²) in [5.74, 6) is -0.288. The molecule has 0 aliphatic carbocycles. The number of amides is 3. The van der Waals surface area contributed by atoms with Gasteiger partial charge in [-0.05, 0) is 46.2 Å². The van der Waals surface area contributed by atoms with Crippen molar-refractivity contribution in [2.75, 3.05) is 19.6 Å². The minimum atomic E-state index is -0.560. The Morgan fingerprint density at radius 1 is 0.923 bits per heavy atom. The number of carbonyl (C=O) groups excluding carboxylic acids is 3. The van der Waals surface area contributed by atoms with Gasteiger partial charge in [0.05, 0.1) is 0 Å². The van der Waals surface area contributed by atoms with Gasteiger partial charge in [0, 0.05) is 31.6 Å². The average Bonchev–Trinajstić information content (AvgIpc) is 2.53. The molecular weight excluding hydrogens is 334 g/mol. The molecule has 1 aromatic rings. The molecular formula is C19H29N3O4. The SMILES string of the molecule is Cc1ccc(C(=O)NCCCNC(=O)CCNC(=O)OC(C)(C)C)cc1. The van der Waals surface area contributed by atoms with Gasteiger partial charge in [-0.1, -0.05) is 17.7 Å². The predicted molar refractivity (Wildman–Crippen MR) is 100.0 cm³/mol. The molecule has 0 unspecified atom stereocenters. The summed E-state index contributed by atoms with van der Waals surface area (Å²) in [7, 11) is 0. The number of ether oxygens (including phenoxy) is 1. The second-order valence-corrected chi connectivity index (χ2v) is 7.00. The Morgan fingerprint density at radius 2 is 1.54 bits per heavy atom. The van der Waals surface area contributed by atoms with Gasteiger partial charge in [0.2, 0.25) is 5.91 Å². The maximum Gasteiger partial charge on any atom is 0.407 e. The number of carbonyl (C=O) groups is 3. The zero-order chi connectivity index (χ0) is 19.6. The standard InChI is InChI=1S/C19H29N3O4/c1-14-6-8-15(9-7-14)17(24)21-12-5-11-20-16(23)10-13-22-18(25)26-19(2,3)4/h6-9H,5,10-13H2,1-4H3,(H,20,23)(H,21,24)(H,22,25). The van der Waals surface area contributed by atoms with Crippen molar-refractivity contribution in [3.63, 3.8) is 0 Å². The Morgan fingerprint density at radius 3 is 2.15 bits per heavy atom. The molecule has 0 bridgehead atoms. The fourth-order valence-corrected chi connectivity index (χ4v) is 2.01. The Hall–Kier alpha value is -2.57. The van der Waals surface area contributed by atoms with Gasteiger partial charge in [-0.15, -0.1) is 0 Å². The summed E-state index contributed by atoms with van der Waals surface area (Å²) in [5.41, 5.74) is 1.16. The molecule has 0 saturated carbocycles. The highest BCUT2D eigenvalue weighted by Gasteiger charge is 2.15. The summed E-state index contributed by atoms with van der Waals surface area (Å²) in [4.78, 5) is 35.0. The fraction of sp³-hybridized carbons (Fsp3) is 0.526. The summed E-state index contributed by atoms with van der Waals surface area (Å²) in [5, 5.41) is 8.08. The molecule has 0 radical (unpaired) electrons. The van der Waals surface area contributed by atoms with Crippen molar-refractivity contribution < 1.29 is 19.1 Å². The Bertz CT molecular complexity index is 606. The molecule has 1 rings (SSSR count). The van der Waals surface area contributed by atoms with Crippen LogP contribution in [-0.2, 0) is 9.53 Å². The second-order valence-electron chi connectivity index (χ2n) is 7.00. The van der Waals surface area contributed by atoms with Crippen LogP contribution in [0, 0.1) is 6.92 Å². The number of aryl methyl sites for hydroxylation is 1. The minimum absolute atomic E-state index is 0.127. The molecule has 0 fully saturated rings. The number of hydrogen-bond donors (Lipinski definition) is 3. The Kier molecular flexibility index (Phi) is 8.61. The molecule has 0 aromatic heterocycles. The van der Waals surface area contributed by atoms with Gasteiger partial charge < -0.3 is 20.7 Å². The summed E-state index contributed by atoms with van der Waals surface area (Å²) < 4.78 is 5.08. The van der Waals surface area contributed by atoms with E-state index < -0.39 is 11.7 Å². The maximum absolute atomic E-state index is 11.9. The van der Waals surface area contributed by atoms with E-state index in [2.05, 4.69) is 16.0 Å². The highest BCUT2D eigenvalue weighted by atomic mass is 16.6. The molecule has 26 heavy (non-hydrogen) atoms. The third kappa shape index (κ3) is 9.66. The number of rotatable bonds is 8. The summed E-state index contributed by atoms with van der Waals surface area (Å²) >= 11 is 0. The van der Waals surface area contributed by atoms with Crippen molar-refractivity contribution in [3.05, 3.63) is 35.4 Å². The molecule has 0 atom stereocenters. The van der Waals surface area contributed by atoms with Crippen LogP contribution in [0.15, 0.2) is 24.3 Å². The smallest absolute Gasteiger partial charge is 0.407 e. The Balaban J connectivity index is 2.08. The minimum Gasteiger partial charge on any atom is -0.444 e. The monoisotopic (exact) mass is 363 g/mol. The lowest BCUT2D eigenvalue weighted by Gasteiger charge is -2.19. The van der Waals surface area contributed by atoms with Crippen molar-refractivity contribution >= 4 is 17.9 Å². The second kappa shape index (κ2) is 10.4. The molecule has 0 aliphatic rings. The molecule has 0 saturated heterocycles. The summed E-state index contributed by atoms with van der Waals surface area (Å²) in [6.45, 7) is 8.44. The lowest BCUT2D eigenvalue weighted by atomic mass is 10.1. The van der Waals surface area contributed by atoms with E-state index in [9.17, 15) is 14.4 Å². The van der Waals surface area contributed by atoms with E-state index >= 15 is 0 Å². The quantitative estimate of drug-likeness (QED) is 0.617. The van der Waals surface area contributed by atoms with E-state index in [1.54, 1.807) is 32.9 Å². The topological polar surface area (TPSA) is 96.5 Å². The molecule has 0 aliphatic heterocycles. The summed E-state index contributed by atoms with van der Waals surface area (Å²) in [6.07, 6.45) is 0.266. The van der Waals surface area contributed by atoms with Crippen LogP contribution < -0.4 is 16.0 Å². The zero-order valence-electron chi connectivity index (χ0n) is 16.0. The first-order valence-electron chi connectivity index (χ1n) is 8.76. The van der Waals surface area contributed by atoms with Gasteiger partial charge in [-0.2, -0.15) is 0 Å². The van der Waals surface area contributed by atoms with E-state index in [1.807, 2.05) is 19.1 Å². The third-order valence-electron chi connectivity index (χ3n) is 3.30. The van der Waals surface area contributed by atoms with Crippen LogP contribution in [0.25, 0.3) is 0 Å². The molecule has 7 nitrogen and oxygen atoms in total. The van der Waals surface area contributed by atoms with Gasteiger partial charge in [0.15, 0.2) is 0 Å². The molecule has 144 valence electrons. The average molecular weight is 363 g/mol. The van der Waals surface area contributed by atoms with Crippen molar-refractivity contribution in [1.29, 1.82) is 0 Å². The van der Waals surface area contributed by atoms with Crippen LogP contribution in [-0.4, -0.2) is 43.1 Å². The van der Waals surface area contributed by atoms with E-state index in [0.29, 0.717) is 25.1 Å². The van der Waals surface area contributed by atoms with Crippen LogP contribution in [0.1, 0.15) is 49.5 Å². The van der Waals surface area contributed by atoms with E-state index in [-0.39, 0.29) is 24.8 Å². The van der Waals surface area contributed by atoms with Gasteiger partial charge in [-0.25, -0.2) is 4.79 Å². The first kappa shape index (κ1) is 21.5. The van der Waals surface area contributed by atoms with Crippen LogP contribution >= 0.6 is 0 Å². The zero-order valence-corrected chi connectivity index (χ0v) is 16.0. The molecule has 1 aromatic carbocycles. The molecule has 7 heteroatoms. The fourth-order valence-electron chi connectivity index (χ4n) is 2.01. The maximum atomic E-state index is 11.9. The predicted octanol–water partition coefficient (Wildman–Crippen LogP) is 2.15. The van der Waals surface area contributed by atoms with Gasteiger partial charge >= 0.3 is 6.09 Å². The number of hydrogen-bond acceptors (Lipinski definition) is 4. The highest BCUT2D eigenvalue weighted by molar-refractivity contribution is 5.94. The summed E-state index contributed by atoms with van der Waals surface area (Å²) in [6, 6.07) is 7.34. The van der Waals surface area contributed by atoms with Gasteiger partial charge in [0.25, 0.3) is 5.91 Å². The molecule has 3 amide bonds. The van der Waals surface area contributed by atoms with Crippen molar-refractivity contribution in [3.8, 4) is 0 Å². The molecule has 3 N–H and O–H groups in total. The molecule has 0 spiro atoms. The van der Waals surface area contributed by atoms with Crippen molar-refractivity contribution in [1.82, 2.24) is 16.0 Å². The van der Waals surface area contributed by atoms with Crippen LogP contribution in [0.2, 0.25) is 0 Å². The number of benzene rings is 1. The van der Waals surface area contributed by atoms with Crippen LogP contribution in [0.3, 0.4) is 0 Å². The first-order chi connectivity index (χ1) is 12.2. The largest absolute Gasteiger partial charge is 0.444 e. The Labute approximate surface area is 154 Å². The van der Waals surface area contributed by atoms with Crippen molar-refractivity contribution in [2.24, 2.45) is 0 Å². The lowest BCUT2D eigenvalue weighted by molar-refractivity contribution is -0.120. The highest BCUT2D eigenvalue weighted by Crippen LogP contribution is 2.06. The molecule has 0 heterocycles. The first-order valence-corrected chi connectivity index (χ1v) is 8.76. The number of nitrogens with one attached hydrogen (secondary N) is 3. The van der Waals surface area contributed by atoms with Crippen LogP contribution in [0.4, 0.5) is 4.79 Å². The van der Waals surface area contributed by atoms with E-state index in [0.717, 1.165) is 5.56 Å². The van der Waals surface area contributed by atoms with E-state index in [1.165, 1.54) is 0 Å². The van der Waals surface area contributed by atoms with Crippen molar-refractivity contribution in [2.45, 2.75) is 46.1 Å². The third-order valence-corrected chi connectivity index (χ3v) is 3.30. The van der Waals surface area contributed by atoms with Gasteiger partial charge in [0.1, 0.15) is 5.60 Å². The lowest BCUT2D eigenvalue weighted by Crippen LogP contribution is -2.35. The van der Waals surface area contributed by atoms with E-state index in [4.69, 9.17) is 4.74 Å². The van der Waals surface area contributed by atoms with Gasteiger partial charge in [-0.3, -0.25) is 9.59 Å².